The van der Waals surface area contributed by atoms with Crippen molar-refractivity contribution in [2.75, 3.05) is 32.9 Å². The second kappa shape index (κ2) is 10.9. The van der Waals surface area contributed by atoms with E-state index in [0.717, 1.165) is 65.0 Å². The largest absolute Gasteiger partial charge is 0.444 e. The third-order valence-electron chi connectivity index (χ3n) is 3.77. The van der Waals surface area contributed by atoms with Crippen molar-refractivity contribution < 1.29 is 19.0 Å². The van der Waals surface area contributed by atoms with Crippen LogP contribution >= 0.6 is 0 Å². The fraction of sp³-hybridized carbons (Fsp3) is 0.944. The molecule has 0 spiro atoms. The molecule has 0 aliphatic carbocycles. The number of rotatable bonds is 9. The second-order valence-electron chi connectivity index (χ2n) is 7.21. The summed E-state index contributed by atoms with van der Waals surface area (Å²) in [4.78, 5) is 13.8. The van der Waals surface area contributed by atoms with Crippen molar-refractivity contribution in [2.45, 2.75) is 77.9 Å². The number of hydrogen-bond acceptors (Lipinski definition) is 4. The highest BCUT2D eigenvalue weighted by Gasteiger charge is 2.26. The van der Waals surface area contributed by atoms with E-state index in [1.165, 1.54) is 6.42 Å². The van der Waals surface area contributed by atoms with Crippen molar-refractivity contribution >= 4 is 6.09 Å². The molecule has 1 aliphatic rings. The number of hydrogen-bond donors (Lipinski definition) is 0. The van der Waals surface area contributed by atoms with Crippen molar-refractivity contribution in [2.24, 2.45) is 0 Å². The number of nitrogens with zero attached hydrogens (tertiary/aromatic N) is 1. The van der Waals surface area contributed by atoms with Gasteiger partial charge in [-0.05, 0) is 52.9 Å². The van der Waals surface area contributed by atoms with Crippen molar-refractivity contribution in [3.05, 3.63) is 0 Å². The monoisotopic (exact) mass is 329 g/mol. The SMILES string of the molecule is CCCCOCCCCOC1CCN(C(=O)OC(C)(C)C)CC1. The summed E-state index contributed by atoms with van der Waals surface area (Å²) in [5, 5.41) is 0. The lowest BCUT2D eigenvalue weighted by molar-refractivity contribution is -0.0132. The molecule has 1 heterocycles. The normalized spacial score (nSPS) is 16.6. The number of piperidine rings is 1. The highest BCUT2D eigenvalue weighted by atomic mass is 16.6. The van der Waals surface area contributed by atoms with Gasteiger partial charge in [0.1, 0.15) is 5.60 Å². The average Bonchev–Trinajstić information content (AvgIpc) is 2.49. The number of unbranched alkanes of at least 4 members (excludes halogenated alkanes) is 2. The van der Waals surface area contributed by atoms with Crippen molar-refractivity contribution in [3.63, 3.8) is 0 Å². The molecule has 23 heavy (non-hydrogen) atoms. The van der Waals surface area contributed by atoms with E-state index in [1.807, 2.05) is 20.8 Å². The van der Waals surface area contributed by atoms with Crippen LogP contribution in [0.5, 0.6) is 0 Å². The molecule has 0 N–H and O–H groups in total. The van der Waals surface area contributed by atoms with E-state index >= 15 is 0 Å². The molecule has 0 unspecified atom stereocenters. The average molecular weight is 329 g/mol. The minimum atomic E-state index is -0.427. The summed E-state index contributed by atoms with van der Waals surface area (Å²) in [5.74, 6) is 0. The number of amides is 1. The molecular formula is C18H35NO4. The topological polar surface area (TPSA) is 48.0 Å². The van der Waals surface area contributed by atoms with Crippen molar-refractivity contribution in [3.8, 4) is 0 Å². The van der Waals surface area contributed by atoms with Gasteiger partial charge in [0.2, 0.25) is 0 Å². The van der Waals surface area contributed by atoms with E-state index in [9.17, 15) is 4.79 Å². The van der Waals surface area contributed by atoms with Crippen LogP contribution in [0.4, 0.5) is 4.79 Å². The van der Waals surface area contributed by atoms with Crippen LogP contribution in [0.1, 0.15) is 66.2 Å². The zero-order valence-corrected chi connectivity index (χ0v) is 15.4. The number of carbonyl (C=O) groups is 1. The molecule has 5 nitrogen and oxygen atoms in total. The maximum atomic E-state index is 12.0. The zero-order chi connectivity index (χ0) is 17.1. The molecule has 0 aromatic heterocycles. The van der Waals surface area contributed by atoms with E-state index in [4.69, 9.17) is 14.2 Å². The fourth-order valence-corrected chi connectivity index (χ4v) is 2.44. The van der Waals surface area contributed by atoms with Gasteiger partial charge in [0.25, 0.3) is 0 Å². The maximum absolute atomic E-state index is 12.0. The summed E-state index contributed by atoms with van der Waals surface area (Å²) in [6, 6.07) is 0. The molecule has 1 amide bonds. The molecule has 136 valence electrons. The van der Waals surface area contributed by atoms with Crippen molar-refractivity contribution in [1.29, 1.82) is 0 Å². The fourth-order valence-electron chi connectivity index (χ4n) is 2.44. The van der Waals surface area contributed by atoms with E-state index in [0.29, 0.717) is 0 Å². The molecular weight excluding hydrogens is 294 g/mol. The van der Waals surface area contributed by atoms with Crippen LogP contribution in [0.25, 0.3) is 0 Å². The van der Waals surface area contributed by atoms with Crippen LogP contribution in [0, 0.1) is 0 Å². The van der Waals surface area contributed by atoms with Gasteiger partial charge in [-0.15, -0.1) is 0 Å². The van der Waals surface area contributed by atoms with Gasteiger partial charge in [0, 0.05) is 32.9 Å². The van der Waals surface area contributed by atoms with Gasteiger partial charge in [0.15, 0.2) is 0 Å². The number of ether oxygens (including phenoxy) is 3. The third-order valence-corrected chi connectivity index (χ3v) is 3.77. The minimum Gasteiger partial charge on any atom is -0.444 e. The Bertz CT molecular complexity index is 319. The highest BCUT2D eigenvalue weighted by Crippen LogP contribution is 2.17. The first kappa shape index (κ1) is 20.2. The van der Waals surface area contributed by atoms with Crippen LogP contribution in [0.2, 0.25) is 0 Å². The second-order valence-corrected chi connectivity index (χ2v) is 7.21. The first-order valence-corrected chi connectivity index (χ1v) is 9.09. The molecule has 1 saturated heterocycles. The van der Waals surface area contributed by atoms with E-state index < -0.39 is 5.60 Å². The Morgan fingerprint density at radius 1 is 1.04 bits per heavy atom. The summed E-state index contributed by atoms with van der Waals surface area (Å²) >= 11 is 0. The van der Waals surface area contributed by atoms with Gasteiger partial charge in [-0.25, -0.2) is 4.79 Å². The van der Waals surface area contributed by atoms with Gasteiger partial charge >= 0.3 is 6.09 Å². The lowest BCUT2D eigenvalue weighted by Crippen LogP contribution is -2.43. The van der Waals surface area contributed by atoms with Crippen LogP contribution in [0.3, 0.4) is 0 Å². The predicted octanol–water partition coefficient (Wildman–Crippen LogP) is 4.00. The van der Waals surface area contributed by atoms with Gasteiger partial charge in [0.05, 0.1) is 6.10 Å². The third kappa shape index (κ3) is 9.82. The van der Waals surface area contributed by atoms with Gasteiger partial charge < -0.3 is 19.1 Å². The molecule has 1 aliphatic heterocycles. The smallest absolute Gasteiger partial charge is 0.410 e. The Balaban J connectivity index is 2.03. The van der Waals surface area contributed by atoms with Crippen LogP contribution in [-0.2, 0) is 14.2 Å². The Morgan fingerprint density at radius 2 is 1.65 bits per heavy atom. The summed E-state index contributed by atoms with van der Waals surface area (Å²) < 4.78 is 16.8. The molecule has 0 radical (unpaired) electrons. The summed E-state index contributed by atoms with van der Waals surface area (Å²) in [7, 11) is 0. The van der Waals surface area contributed by atoms with E-state index in [2.05, 4.69) is 6.92 Å². The molecule has 5 heteroatoms. The van der Waals surface area contributed by atoms with Gasteiger partial charge in [-0.3, -0.25) is 0 Å². The van der Waals surface area contributed by atoms with Crippen LogP contribution in [-0.4, -0.2) is 55.6 Å². The lowest BCUT2D eigenvalue weighted by atomic mass is 10.1. The first-order valence-electron chi connectivity index (χ1n) is 9.09. The summed E-state index contributed by atoms with van der Waals surface area (Å²) in [6.45, 7) is 11.8. The molecule has 0 saturated carbocycles. The maximum Gasteiger partial charge on any atom is 0.410 e. The first-order chi connectivity index (χ1) is 10.9. The Kier molecular flexibility index (Phi) is 9.56. The predicted molar refractivity (Wildman–Crippen MR) is 91.7 cm³/mol. The molecule has 0 bridgehead atoms. The number of likely N-dealkylation sites (tertiary alicyclic amines) is 1. The quantitative estimate of drug-likeness (QED) is 0.600. The van der Waals surface area contributed by atoms with Gasteiger partial charge in [-0.1, -0.05) is 13.3 Å². The Labute approximate surface area is 141 Å². The summed E-state index contributed by atoms with van der Waals surface area (Å²) in [5.41, 5.74) is -0.427. The minimum absolute atomic E-state index is 0.208. The van der Waals surface area contributed by atoms with E-state index in [1.54, 1.807) is 4.90 Å². The highest BCUT2D eigenvalue weighted by molar-refractivity contribution is 5.68. The molecule has 1 fully saturated rings. The van der Waals surface area contributed by atoms with Crippen LogP contribution < -0.4 is 0 Å². The molecule has 0 aromatic carbocycles. The van der Waals surface area contributed by atoms with E-state index in [-0.39, 0.29) is 12.2 Å². The number of carbonyl (C=O) groups excluding carboxylic acids is 1. The summed E-state index contributed by atoms with van der Waals surface area (Å²) in [6.07, 6.45) is 6.28. The van der Waals surface area contributed by atoms with Gasteiger partial charge in [-0.2, -0.15) is 0 Å². The lowest BCUT2D eigenvalue weighted by Gasteiger charge is -2.33. The Hall–Kier alpha value is -0.810. The standard InChI is InChI=1S/C18H35NO4/c1-5-6-13-21-14-7-8-15-22-16-9-11-19(12-10-16)17(20)23-18(2,3)4/h16H,5-15H2,1-4H3. The van der Waals surface area contributed by atoms with Crippen LogP contribution in [0.15, 0.2) is 0 Å². The van der Waals surface area contributed by atoms with Crippen molar-refractivity contribution in [1.82, 2.24) is 4.90 Å². The zero-order valence-electron chi connectivity index (χ0n) is 15.4. The molecule has 1 rings (SSSR count). The molecule has 0 aromatic rings. The molecule has 0 atom stereocenters. The Morgan fingerprint density at radius 3 is 2.26 bits per heavy atom.